The number of hydrogen-bond donors (Lipinski definition) is 1. The molecule has 0 radical (unpaired) electrons. The fraction of sp³-hybridized carbons (Fsp3) is 0.111. The Hall–Kier alpha value is -1.41. The minimum absolute atomic E-state index is 0.0110. The lowest BCUT2D eigenvalue weighted by Crippen LogP contribution is -2.02. The van der Waals surface area contributed by atoms with Crippen LogP contribution in [0.5, 0.6) is 5.75 Å². The van der Waals surface area contributed by atoms with Crippen LogP contribution in [-0.4, -0.2) is 16.2 Å². The SMILES string of the molecule is N#Cc1cc(C(=O)CBr)c(O)cc1F. The number of benzene rings is 1. The Bertz CT molecular complexity index is 426. The van der Waals surface area contributed by atoms with Crippen molar-refractivity contribution < 1.29 is 14.3 Å². The molecule has 1 rings (SSSR count). The number of rotatable bonds is 2. The lowest BCUT2D eigenvalue weighted by molar-refractivity contribution is 0.102. The van der Waals surface area contributed by atoms with Crippen molar-refractivity contribution >= 4 is 21.7 Å². The number of alkyl halides is 1. The summed E-state index contributed by atoms with van der Waals surface area (Å²) in [6.07, 6.45) is 0. The van der Waals surface area contributed by atoms with E-state index >= 15 is 0 Å². The van der Waals surface area contributed by atoms with Crippen LogP contribution >= 0.6 is 15.9 Å². The Kier molecular flexibility index (Phi) is 3.20. The van der Waals surface area contributed by atoms with E-state index in [1.165, 1.54) is 0 Å². The Morgan fingerprint density at radius 2 is 2.29 bits per heavy atom. The minimum atomic E-state index is -0.837. The van der Waals surface area contributed by atoms with Crippen LogP contribution in [-0.2, 0) is 0 Å². The van der Waals surface area contributed by atoms with Crippen LogP contribution in [0.15, 0.2) is 12.1 Å². The predicted molar refractivity (Wildman–Crippen MR) is 50.9 cm³/mol. The summed E-state index contributed by atoms with van der Waals surface area (Å²) < 4.78 is 12.9. The van der Waals surface area contributed by atoms with Crippen molar-refractivity contribution in [2.75, 3.05) is 5.33 Å². The highest BCUT2D eigenvalue weighted by Gasteiger charge is 2.14. The van der Waals surface area contributed by atoms with Crippen LogP contribution in [0.4, 0.5) is 4.39 Å². The van der Waals surface area contributed by atoms with Crippen molar-refractivity contribution in [1.29, 1.82) is 5.26 Å². The smallest absolute Gasteiger partial charge is 0.177 e. The summed E-state index contributed by atoms with van der Waals surface area (Å²) in [5, 5.41) is 17.7. The van der Waals surface area contributed by atoms with Crippen molar-refractivity contribution in [1.82, 2.24) is 0 Å². The van der Waals surface area contributed by atoms with Gasteiger partial charge in [0, 0.05) is 6.07 Å². The topological polar surface area (TPSA) is 61.1 Å². The van der Waals surface area contributed by atoms with Gasteiger partial charge in [0.05, 0.1) is 16.5 Å². The molecule has 5 heteroatoms. The molecule has 0 aliphatic heterocycles. The number of phenolic OH excluding ortho intramolecular Hbond substituents is 1. The Morgan fingerprint density at radius 1 is 1.64 bits per heavy atom. The molecular weight excluding hydrogens is 253 g/mol. The first kappa shape index (κ1) is 10.7. The second kappa shape index (κ2) is 4.20. The maximum atomic E-state index is 12.9. The van der Waals surface area contributed by atoms with Crippen LogP contribution in [0.25, 0.3) is 0 Å². The van der Waals surface area contributed by atoms with Gasteiger partial charge >= 0.3 is 0 Å². The third-order valence-electron chi connectivity index (χ3n) is 1.63. The molecule has 14 heavy (non-hydrogen) atoms. The first-order valence-electron chi connectivity index (χ1n) is 3.62. The summed E-state index contributed by atoms with van der Waals surface area (Å²) in [6, 6.07) is 3.38. The van der Waals surface area contributed by atoms with Gasteiger partial charge in [-0.2, -0.15) is 5.26 Å². The van der Waals surface area contributed by atoms with Gasteiger partial charge in [-0.3, -0.25) is 4.79 Å². The average Bonchev–Trinajstić information content (AvgIpc) is 2.17. The van der Waals surface area contributed by atoms with Gasteiger partial charge in [-0.25, -0.2) is 4.39 Å². The van der Waals surface area contributed by atoms with E-state index in [0.717, 1.165) is 12.1 Å². The quantitative estimate of drug-likeness (QED) is 0.651. The standard InChI is InChI=1S/C9H5BrFNO2/c10-3-9(14)6-1-5(4-12)7(11)2-8(6)13/h1-2,13H,3H2. The van der Waals surface area contributed by atoms with E-state index in [1.54, 1.807) is 6.07 Å². The fourth-order valence-electron chi connectivity index (χ4n) is 0.944. The number of halogens is 2. The predicted octanol–water partition coefficient (Wildman–Crippen LogP) is 1.98. The van der Waals surface area contributed by atoms with Gasteiger partial charge in [-0.1, -0.05) is 15.9 Å². The molecule has 3 nitrogen and oxygen atoms in total. The molecule has 1 aromatic carbocycles. The zero-order valence-electron chi connectivity index (χ0n) is 6.92. The molecule has 1 aromatic rings. The first-order chi connectivity index (χ1) is 6.60. The highest BCUT2D eigenvalue weighted by molar-refractivity contribution is 9.09. The fourth-order valence-corrected chi connectivity index (χ4v) is 1.25. The van der Waals surface area contributed by atoms with Gasteiger partial charge in [0.1, 0.15) is 17.6 Å². The number of ketones is 1. The molecular formula is C9H5BrFNO2. The van der Waals surface area contributed by atoms with Crippen LogP contribution in [0, 0.1) is 17.1 Å². The van der Waals surface area contributed by atoms with Gasteiger partial charge in [0.2, 0.25) is 0 Å². The van der Waals surface area contributed by atoms with Crippen LogP contribution in [0.2, 0.25) is 0 Å². The zero-order valence-corrected chi connectivity index (χ0v) is 8.51. The molecule has 0 fully saturated rings. The molecule has 0 bridgehead atoms. The van der Waals surface area contributed by atoms with E-state index in [0.29, 0.717) is 0 Å². The number of nitriles is 1. The maximum Gasteiger partial charge on any atom is 0.177 e. The third kappa shape index (κ3) is 1.91. The summed E-state index contributed by atoms with van der Waals surface area (Å²) in [5.41, 5.74) is -0.313. The maximum absolute atomic E-state index is 12.9. The number of phenols is 1. The van der Waals surface area contributed by atoms with E-state index < -0.39 is 17.3 Å². The zero-order chi connectivity index (χ0) is 10.7. The number of aromatic hydroxyl groups is 1. The molecule has 0 amide bonds. The van der Waals surface area contributed by atoms with Gasteiger partial charge < -0.3 is 5.11 Å². The highest BCUT2D eigenvalue weighted by Crippen LogP contribution is 2.22. The molecule has 0 heterocycles. The van der Waals surface area contributed by atoms with Gasteiger partial charge in [-0.05, 0) is 6.07 Å². The molecule has 0 aliphatic rings. The Balaban J connectivity index is 3.33. The second-order valence-electron chi connectivity index (χ2n) is 2.52. The molecule has 1 N–H and O–H groups in total. The van der Waals surface area contributed by atoms with Crippen molar-refractivity contribution in [2.45, 2.75) is 0 Å². The van der Waals surface area contributed by atoms with Crippen molar-refractivity contribution in [3.8, 4) is 11.8 Å². The van der Waals surface area contributed by atoms with Crippen LogP contribution < -0.4 is 0 Å². The summed E-state index contributed by atoms with van der Waals surface area (Å²) in [4.78, 5) is 11.2. The number of nitrogens with zero attached hydrogens (tertiary/aromatic N) is 1. The first-order valence-corrected chi connectivity index (χ1v) is 4.74. The third-order valence-corrected chi connectivity index (χ3v) is 2.14. The van der Waals surface area contributed by atoms with Crippen molar-refractivity contribution in [3.05, 3.63) is 29.1 Å². The molecule has 72 valence electrons. The van der Waals surface area contributed by atoms with Gasteiger partial charge in [-0.15, -0.1) is 0 Å². The van der Waals surface area contributed by atoms with E-state index in [4.69, 9.17) is 5.26 Å². The summed E-state index contributed by atoms with van der Waals surface area (Å²) >= 11 is 2.91. The van der Waals surface area contributed by atoms with Gasteiger partial charge in [0.25, 0.3) is 0 Å². The average molecular weight is 258 g/mol. The van der Waals surface area contributed by atoms with Crippen molar-refractivity contribution in [2.24, 2.45) is 0 Å². The molecule has 0 atom stereocenters. The minimum Gasteiger partial charge on any atom is -0.507 e. The molecule has 0 saturated carbocycles. The van der Waals surface area contributed by atoms with Gasteiger partial charge in [0.15, 0.2) is 5.78 Å². The summed E-state index contributed by atoms with van der Waals surface area (Å²) in [6.45, 7) is 0. The van der Waals surface area contributed by atoms with E-state index in [2.05, 4.69) is 15.9 Å². The normalized spacial score (nSPS) is 9.50. The number of Topliss-reactive ketones (excluding diaryl/α,β-unsaturated/α-hetero) is 1. The second-order valence-corrected chi connectivity index (χ2v) is 3.08. The lowest BCUT2D eigenvalue weighted by atomic mass is 10.1. The number of carbonyl (C=O) groups is 1. The molecule has 0 saturated heterocycles. The molecule has 0 spiro atoms. The number of carbonyl (C=O) groups excluding carboxylic acids is 1. The van der Waals surface area contributed by atoms with Crippen molar-refractivity contribution in [3.63, 3.8) is 0 Å². The lowest BCUT2D eigenvalue weighted by Gasteiger charge is -2.02. The highest BCUT2D eigenvalue weighted by atomic mass is 79.9. The van der Waals surface area contributed by atoms with E-state index in [1.807, 2.05) is 0 Å². The van der Waals surface area contributed by atoms with Crippen LogP contribution in [0.3, 0.4) is 0 Å². The monoisotopic (exact) mass is 257 g/mol. The summed E-state index contributed by atoms with van der Waals surface area (Å²) in [7, 11) is 0. The molecule has 0 aromatic heterocycles. The van der Waals surface area contributed by atoms with Crippen LogP contribution in [0.1, 0.15) is 15.9 Å². The molecule has 0 aliphatic carbocycles. The Labute approximate surface area is 87.9 Å². The molecule has 0 unspecified atom stereocenters. The van der Waals surface area contributed by atoms with E-state index in [-0.39, 0.29) is 16.5 Å². The number of hydrogen-bond acceptors (Lipinski definition) is 3. The van der Waals surface area contributed by atoms with E-state index in [9.17, 15) is 14.3 Å². The largest absolute Gasteiger partial charge is 0.507 e. The Morgan fingerprint density at radius 3 is 2.79 bits per heavy atom. The summed E-state index contributed by atoms with van der Waals surface area (Å²) in [5.74, 6) is -1.69.